The lowest BCUT2D eigenvalue weighted by Crippen LogP contribution is -2.54. The third-order valence-electron chi connectivity index (χ3n) is 3.66. The molecule has 0 bridgehead atoms. The highest BCUT2D eigenvalue weighted by atomic mass is 16.6. The smallest absolute Gasteiger partial charge is 0.306 e. The van der Waals surface area contributed by atoms with E-state index in [9.17, 15) is 4.79 Å². The molecule has 0 N–H and O–H groups in total. The zero-order chi connectivity index (χ0) is 11.1. The van der Waals surface area contributed by atoms with E-state index in [1.807, 2.05) is 0 Å². The average molecular weight is 212 g/mol. The van der Waals surface area contributed by atoms with Crippen LogP contribution in [-0.4, -0.2) is 23.8 Å². The Morgan fingerprint density at radius 1 is 1.40 bits per heavy atom. The van der Waals surface area contributed by atoms with Crippen molar-refractivity contribution in [3.63, 3.8) is 0 Å². The van der Waals surface area contributed by atoms with Crippen LogP contribution >= 0.6 is 0 Å². The van der Waals surface area contributed by atoms with Gasteiger partial charge in [-0.15, -0.1) is 0 Å². The lowest BCUT2D eigenvalue weighted by atomic mass is 9.82. The molecule has 0 amide bonds. The molecule has 2 aliphatic rings. The Morgan fingerprint density at radius 2 is 2.13 bits per heavy atom. The standard InChI is InChI=1S/C12H20O3/c1-8(2)9-4-5-10-12(3,15-9)7-6-11(13)14-10/h8-10H,4-7H2,1-3H3/t9?,10-,12+/m1/s1. The molecule has 0 radical (unpaired) electrons. The Balaban J connectivity index is 2.07. The summed E-state index contributed by atoms with van der Waals surface area (Å²) in [5.74, 6) is 0.476. The first-order valence-corrected chi connectivity index (χ1v) is 5.88. The van der Waals surface area contributed by atoms with Crippen LogP contribution < -0.4 is 0 Å². The summed E-state index contributed by atoms with van der Waals surface area (Å²) in [6, 6.07) is 0. The van der Waals surface area contributed by atoms with Crippen molar-refractivity contribution in [2.45, 2.75) is 64.3 Å². The Hall–Kier alpha value is -0.570. The molecule has 3 nitrogen and oxygen atoms in total. The number of rotatable bonds is 1. The van der Waals surface area contributed by atoms with Crippen molar-refractivity contribution >= 4 is 5.97 Å². The quantitative estimate of drug-likeness (QED) is 0.625. The fourth-order valence-corrected chi connectivity index (χ4v) is 2.54. The predicted molar refractivity (Wildman–Crippen MR) is 56.5 cm³/mol. The first-order chi connectivity index (χ1) is 7.01. The average Bonchev–Trinajstić information content (AvgIpc) is 2.18. The van der Waals surface area contributed by atoms with Gasteiger partial charge >= 0.3 is 5.97 Å². The van der Waals surface area contributed by atoms with E-state index in [1.54, 1.807) is 0 Å². The van der Waals surface area contributed by atoms with Crippen LogP contribution in [0.15, 0.2) is 0 Å². The fraction of sp³-hybridized carbons (Fsp3) is 0.917. The molecule has 0 aromatic carbocycles. The number of hydrogen-bond acceptors (Lipinski definition) is 3. The zero-order valence-electron chi connectivity index (χ0n) is 9.79. The summed E-state index contributed by atoms with van der Waals surface area (Å²) in [5.41, 5.74) is -0.235. The van der Waals surface area contributed by atoms with Crippen molar-refractivity contribution in [1.82, 2.24) is 0 Å². The number of carbonyl (C=O) groups is 1. The van der Waals surface area contributed by atoms with Crippen LogP contribution in [0.3, 0.4) is 0 Å². The largest absolute Gasteiger partial charge is 0.459 e. The van der Waals surface area contributed by atoms with E-state index in [1.165, 1.54) is 0 Å². The minimum absolute atomic E-state index is 0.0197. The van der Waals surface area contributed by atoms with Crippen LogP contribution in [0.5, 0.6) is 0 Å². The van der Waals surface area contributed by atoms with E-state index in [0.717, 1.165) is 19.3 Å². The van der Waals surface area contributed by atoms with Gasteiger partial charge in [0.2, 0.25) is 0 Å². The van der Waals surface area contributed by atoms with Crippen molar-refractivity contribution in [3.05, 3.63) is 0 Å². The van der Waals surface area contributed by atoms with Gasteiger partial charge in [-0.05, 0) is 32.1 Å². The highest BCUT2D eigenvalue weighted by molar-refractivity contribution is 5.70. The molecular formula is C12H20O3. The van der Waals surface area contributed by atoms with Gasteiger partial charge in [0, 0.05) is 6.42 Å². The molecule has 15 heavy (non-hydrogen) atoms. The minimum Gasteiger partial charge on any atom is -0.459 e. The fourth-order valence-electron chi connectivity index (χ4n) is 2.54. The second-order valence-electron chi connectivity index (χ2n) is 5.27. The second kappa shape index (κ2) is 3.78. The van der Waals surface area contributed by atoms with Crippen molar-refractivity contribution < 1.29 is 14.3 Å². The summed E-state index contributed by atoms with van der Waals surface area (Å²) in [6.45, 7) is 6.45. The van der Waals surface area contributed by atoms with Gasteiger partial charge in [-0.3, -0.25) is 4.79 Å². The lowest BCUT2D eigenvalue weighted by Gasteiger charge is -2.47. The van der Waals surface area contributed by atoms with Crippen molar-refractivity contribution in [2.24, 2.45) is 5.92 Å². The second-order valence-corrected chi connectivity index (χ2v) is 5.27. The third-order valence-corrected chi connectivity index (χ3v) is 3.66. The summed E-state index contributed by atoms with van der Waals surface area (Å²) in [6.07, 6.45) is 3.56. The Labute approximate surface area is 91.1 Å². The molecular weight excluding hydrogens is 192 g/mol. The van der Waals surface area contributed by atoms with Gasteiger partial charge in [0.25, 0.3) is 0 Å². The van der Waals surface area contributed by atoms with Crippen molar-refractivity contribution in [2.75, 3.05) is 0 Å². The van der Waals surface area contributed by atoms with Gasteiger partial charge in [-0.25, -0.2) is 0 Å². The Morgan fingerprint density at radius 3 is 2.80 bits per heavy atom. The predicted octanol–water partition coefficient (Wildman–Crippen LogP) is 2.29. The van der Waals surface area contributed by atoms with Gasteiger partial charge in [-0.1, -0.05) is 13.8 Å². The molecule has 2 aliphatic heterocycles. The summed E-state index contributed by atoms with van der Waals surface area (Å²) in [4.78, 5) is 11.2. The van der Waals surface area contributed by atoms with E-state index in [-0.39, 0.29) is 17.7 Å². The van der Waals surface area contributed by atoms with Gasteiger partial charge in [0.15, 0.2) is 0 Å². The zero-order valence-corrected chi connectivity index (χ0v) is 9.79. The number of ether oxygens (including phenoxy) is 2. The summed E-state index contributed by atoms with van der Waals surface area (Å²) >= 11 is 0. The topological polar surface area (TPSA) is 35.5 Å². The first kappa shape index (κ1) is 10.9. The molecule has 2 saturated heterocycles. The van der Waals surface area contributed by atoms with E-state index in [0.29, 0.717) is 18.4 Å². The molecule has 0 saturated carbocycles. The number of carbonyl (C=O) groups excluding carboxylic acids is 1. The van der Waals surface area contributed by atoms with Gasteiger partial charge in [0.05, 0.1) is 6.10 Å². The summed E-state index contributed by atoms with van der Waals surface area (Å²) in [7, 11) is 0. The van der Waals surface area contributed by atoms with Crippen LogP contribution in [0, 0.1) is 5.92 Å². The van der Waals surface area contributed by atoms with Crippen LogP contribution in [0.25, 0.3) is 0 Å². The molecule has 3 atom stereocenters. The number of fused-ring (bicyclic) bond motifs is 1. The molecule has 0 aromatic heterocycles. The molecule has 1 unspecified atom stereocenters. The summed E-state index contributed by atoms with van der Waals surface area (Å²) < 4.78 is 11.5. The molecule has 0 aliphatic carbocycles. The Bertz CT molecular complexity index is 262. The molecule has 0 aromatic rings. The molecule has 2 rings (SSSR count). The highest BCUT2D eigenvalue weighted by Crippen LogP contribution is 2.39. The van der Waals surface area contributed by atoms with Crippen LogP contribution in [0.4, 0.5) is 0 Å². The maximum absolute atomic E-state index is 11.2. The summed E-state index contributed by atoms with van der Waals surface area (Å²) in [5, 5.41) is 0. The lowest BCUT2D eigenvalue weighted by molar-refractivity contribution is -0.226. The van der Waals surface area contributed by atoms with E-state index in [4.69, 9.17) is 9.47 Å². The van der Waals surface area contributed by atoms with Crippen LogP contribution in [-0.2, 0) is 14.3 Å². The normalized spacial score (nSPS) is 41.2. The molecule has 2 heterocycles. The van der Waals surface area contributed by atoms with Crippen molar-refractivity contribution in [3.8, 4) is 0 Å². The third kappa shape index (κ3) is 2.03. The highest BCUT2D eigenvalue weighted by Gasteiger charge is 2.47. The Kier molecular flexibility index (Phi) is 2.75. The maximum atomic E-state index is 11.2. The SMILES string of the molecule is CC(C)C1CC[C@H]2OC(=O)CC[C@]2(C)O1. The first-order valence-electron chi connectivity index (χ1n) is 5.88. The molecule has 86 valence electrons. The van der Waals surface area contributed by atoms with E-state index in [2.05, 4.69) is 20.8 Å². The van der Waals surface area contributed by atoms with Crippen LogP contribution in [0.2, 0.25) is 0 Å². The van der Waals surface area contributed by atoms with Crippen LogP contribution in [0.1, 0.15) is 46.5 Å². The maximum Gasteiger partial charge on any atom is 0.306 e. The number of esters is 1. The van der Waals surface area contributed by atoms with Crippen molar-refractivity contribution in [1.29, 1.82) is 0 Å². The molecule has 3 heteroatoms. The van der Waals surface area contributed by atoms with Gasteiger partial charge in [0.1, 0.15) is 11.7 Å². The minimum atomic E-state index is -0.235. The monoisotopic (exact) mass is 212 g/mol. The number of hydrogen-bond donors (Lipinski definition) is 0. The van der Waals surface area contributed by atoms with E-state index < -0.39 is 0 Å². The van der Waals surface area contributed by atoms with Gasteiger partial charge in [-0.2, -0.15) is 0 Å². The molecule has 2 fully saturated rings. The molecule has 0 spiro atoms. The van der Waals surface area contributed by atoms with E-state index >= 15 is 0 Å². The van der Waals surface area contributed by atoms with Gasteiger partial charge < -0.3 is 9.47 Å².